The first-order valence-corrected chi connectivity index (χ1v) is 4.45. The minimum Gasteiger partial charge on any atom is -0.449 e. The Labute approximate surface area is 79.3 Å². The SMILES string of the molecule is CC.CCOC(=O)N/N=C/CCN. The van der Waals surface area contributed by atoms with Gasteiger partial charge in [0.25, 0.3) is 0 Å². The van der Waals surface area contributed by atoms with Gasteiger partial charge >= 0.3 is 6.09 Å². The van der Waals surface area contributed by atoms with Gasteiger partial charge in [0.15, 0.2) is 0 Å². The molecule has 0 aliphatic carbocycles. The smallest absolute Gasteiger partial charge is 0.427 e. The maximum atomic E-state index is 10.5. The highest BCUT2D eigenvalue weighted by Gasteiger charge is 1.93. The maximum absolute atomic E-state index is 10.5. The Bertz CT molecular complexity index is 137. The summed E-state index contributed by atoms with van der Waals surface area (Å²) in [5.74, 6) is 0. The zero-order chi connectivity index (χ0) is 10.5. The van der Waals surface area contributed by atoms with Gasteiger partial charge in [0.05, 0.1) is 6.61 Å². The maximum Gasteiger partial charge on any atom is 0.427 e. The van der Waals surface area contributed by atoms with Gasteiger partial charge in [-0.15, -0.1) is 0 Å². The number of nitrogens with one attached hydrogen (secondary N) is 1. The molecule has 0 spiro atoms. The molecule has 0 aromatic heterocycles. The third-order valence-corrected chi connectivity index (χ3v) is 0.818. The number of hydrogen-bond donors (Lipinski definition) is 2. The fourth-order valence-electron chi connectivity index (χ4n) is 0.401. The third-order valence-electron chi connectivity index (χ3n) is 0.818. The molecule has 0 aromatic carbocycles. The minimum atomic E-state index is -0.541. The molecule has 13 heavy (non-hydrogen) atoms. The van der Waals surface area contributed by atoms with E-state index in [4.69, 9.17) is 5.73 Å². The van der Waals surface area contributed by atoms with Crippen LogP contribution < -0.4 is 11.2 Å². The van der Waals surface area contributed by atoms with Crippen LogP contribution in [0.3, 0.4) is 0 Å². The summed E-state index contributed by atoms with van der Waals surface area (Å²) in [6, 6.07) is 0. The van der Waals surface area contributed by atoms with E-state index in [1.807, 2.05) is 13.8 Å². The summed E-state index contributed by atoms with van der Waals surface area (Å²) in [6.45, 7) is 6.59. The van der Waals surface area contributed by atoms with Crippen LogP contribution in [0, 0.1) is 0 Å². The van der Waals surface area contributed by atoms with Crippen molar-refractivity contribution in [2.75, 3.05) is 13.2 Å². The van der Waals surface area contributed by atoms with Crippen LogP contribution in [0.15, 0.2) is 5.10 Å². The number of ether oxygens (including phenoxy) is 1. The normalized spacial score (nSPS) is 8.92. The third kappa shape index (κ3) is 13.8. The molecule has 5 nitrogen and oxygen atoms in total. The molecule has 0 aliphatic rings. The minimum absolute atomic E-state index is 0.345. The summed E-state index contributed by atoms with van der Waals surface area (Å²) in [5.41, 5.74) is 7.34. The number of hydrazone groups is 1. The van der Waals surface area contributed by atoms with Crippen LogP contribution in [-0.4, -0.2) is 25.5 Å². The first-order valence-electron chi connectivity index (χ1n) is 4.45. The summed E-state index contributed by atoms with van der Waals surface area (Å²) in [5, 5.41) is 3.55. The second kappa shape index (κ2) is 13.5. The average molecular weight is 189 g/mol. The molecule has 0 fully saturated rings. The molecular weight excluding hydrogens is 170 g/mol. The second-order valence-electron chi connectivity index (χ2n) is 1.72. The second-order valence-corrected chi connectivity index (χ2v) is 1.72. The highest BCUT2D eigenvalue weighted by atomic mass is 16.5. The molecule has 0 aromatic rings. The van der Waals surface area contributed by atoms with Gasteiger partial charge in [-0.1, -0.05) is 13.8 Å². The van der Waals surface area contributed by atoms with Crippen LogP contribution in [0.4, 0.5) is 4.79 Å². The molecule has 0 saturated carbocycles. The van der Waals surface area contributed by atoms with Gasteiger partial charge in [0, 0.05) is 6.21 Å². The number of amides is 1. The fraction of sp³-hybridized carbons (Fsp3) is 0.750. The lowest BCUT2D eigenvalue weighted by atomic mass is 10.5. The largest absolute Gasteiger partial charge is 0.449 e. The van der Waals surface area contributed by atoms with E-state index in [9.17, 15) is 4.79 Å². The molecular formula is C8H19N3O2. The van der Waals surface area contributed by atoms with Crippen LogP contribution in [-0.2, 0) is 4.74 Å². The van der Waals surface area contributed by atoms with Gasteiger partial charge in [-0.3, -0.25) is 0 Å². The molecule has 0 radical (unpaired) electrons. The highest BCUT2D eigenvalue weighted by molar-refractivity contribution is 5.68. The van der Waals surface area contributed by atoms with Gasteiger partial charge in [0.1, 0.15) is 0 Å². The van der Waals surface area contributed by atoms with Gasteiger partial charge in [0.2, 0.25) is 0 Å². The van der Waals surface area contributed by atoms with Crippen molar-refractivity contribution in [3.63, 3.8) is 0 Å². The number of nitrogens with two attached hydrogens (primary N) is 1. The van der Waals surface area contributed by atoms with E-state index < -0.39 is 6.09 Å². The Hall–Kier alpha value is -1.10. The summed E-state index contributed by atoms with van der Waals surface area (Å²) in [7, 11) is 0. The first-order chi connectivity index (χ1) is 6.31. The van der Waals surface area contributed by atoms with E-state index in [0.29, 0.717) is 19.6 Å². The monoisotopic (exact) mass is 189 g/mol. The molecule has 0 heterocycles. The molecule has 0 saturated heterocycles. The molecule has 78 valence electrons. The standard InChI is InChI=1S/C6H13N3O2.C2H6/c1-2-11-6(10)9-8-5-3-4-7;1-2/h5H,2-4,7H2,1H3,(H,9,10);1-2H3/b8-5+;. The summed E-state index contributed by atoms with van der Waals surface area (Å²) < 4.78 is 4.53. The molecule has 1 amide bonds. The van der Waals surface area contributed by atoms with E-state index in [1.165, 1.54) is 6.21 Å². The molecule has 5 heteroatoms. The van der Waals surface area contributed by atoms with Gasteiger partial charge in [-0.2, -0.15) is 5.10 Å². The molecule has 0 rings (SSSR count). The number of carbonyl (C=O) groups is 1. The van der Waals surface area contributed by atoms with Crippen molar-refractivity contribution in [1.29, 1.82) is 0 Å². The lowest BCUT2D eigenvalue weighted by Gasteiger charge is -1.97. The van der Waals surface area contributed by atoms with Crippen LogP contribution in [0.2, 0.25) is 0 Å². The Morgan fingerprint density at radius 2 is 2.23 bits per heavy atom. The zero-order valence-corrected chi connectivity index (χ0v) is 8.54. The highest BCUT2D eigenvalue weighted by Crippen LogP contribution is 1.75. The summed E-state index contributed by atoms with van der Waals surface area (Å²) >= 11 is 0. The molecule has 0 aliphatic heterocycles. The van der Waals surface area contributed by atoms with Crippen LogP contribution >= 0.6 is 0 Å². The van der Waals surface area contributed by atoms with E-state index in [2.05, 4.69) is 15.3 Å². The van der Waals surface area contributed by atoms with Crippen molar-refractivity contribution in [1.82, 2.24) is 5.43 Å². The summed E-state index contributed by atoms with van der Waals surface area (Å²) in [6.07, 6.45) is 1.63. The van der Waals surface area contributed by atoms with E-state index in [-0.39, 0.29) is 0 Å². The van der Waals surface area contributed by atoms with Crippen molar-refractivity contribution < 1.29 is 9.53 Å². The molecule has 0 atom stereocenters. The summed E-state index contributed by atoms with van der Waals surface area (Å²) in [4.78, 5) is 10.5. The predicted octanol–water partition coefficient (Wildman–Crippen LogP) is 1.09. The molecule has 0 unspecified atom stereocenters. The van der Waals surface area contributed by atoms with Crippen molar-refractivity contribution in [3.05, 3.63) is 0 Å². The van der Waals surface area contributed by atoms with E-state index >= 15 is 0 Å². The first kappa shape index (κ1) is 14.4. The lowest BCUT2D eigenvalue weighted by Crippen LogP contribution is -2.18. The Morgan fingerprint density at radius 1 is 1.62 bits per heavy atom. The molecule has 3 N–H and O–H groups in total. The quantitative estimate of drug-likeness (QED) is 0.513. The van der Waals surface area contributed by atoms with Crippen LogP contribution in [0.1, 0.15) is 27.2 Å². The Kier molecular flexibility index (Phi) is 15.0. The van der Waals surface area contributed by atoms with Gasteiger partial charge in [-0.25, -0.2) is 10.2 Å². The van der Waals surface area contributed by atoms with Crippen molar-refractivity contribution in [2.24, 2.45) is 10.8 Å². The fourth-order valence-corrected chi connectivity index (χ4v) is 0.401. The van der Waals surface area contributed by atoms with E-state index in [0.717, 1.165) is 0 Å². The number of carbonyl (C=O) groups excluding carboxylic acids is 1. The lowest BCUT2D eigenvalue weighted by molar-refractivity contribution is 0.152. The number of hydrogen-bond acceptors (Lipinski definition) is 4. The topological polar surface area (TPSA) is 76.7 Å². The number of nitrogens with zero attached hydrogens (tertiary/aromatic N) is 1. The van der Waals surface area contributed by atoms with Crippen LogP contribution in [0.5, 0.6) is 0 Å². The zero-order valence-electron chi connectivity index (χ0n) is 8.54. The number of rotatable bonds is 4. The van der Waals surface area contributed by atoms with Crippen molar-refractivity contribution in [3.8, 4) is 0 Å². The predicted molar refractivity (Wildman–Crippen MR) is 53.7 cm³/mol. The van der Waals surface area contributed by atoms with Crippen molar-refractivity contribution in [2.45, 2.75) is 27.2 Å². The average Bonchev–Trinajstić information content (AvgIpc) is 2.16. The Morgan fingerprint density at radius 3 is 2.69 bits per heavy atom. The molecule has 0 bridgehead atoms. The van der Waals surface area contributed by atoms with Crippen LogP contribution in [0.25, 0.3) is 0 Å². The van der Waals surface area contributed by atoms with Crippen molar-refractivity contribution >= 4 is 12.3 Å². The Balaban J connectivity index is 0. The van der Waals surface area contributed by atoms with E-state index in [1.54, 1.807) is 6.92 Å². The van der Waals surface area contributed by atoms with Gasteiger partial charge < -0.3 is 10.5 Å². The van der Waals surface area contributed by atoms with Gasteiger partial charge in [-0.05, 0) is 19.9 Å².